The Bertz CT molecular complexity index is 570. The van der Waals surface area contributed by atoms with E-state index in [4.69, 9.17) is 10.5 Å². The van der Waals surface area contributed by atoms with Crippen molar-refractivity contribution in [1.82, 2.24) is 0 Å². The highest BCUT2D eigenvalue weighted by atomic mass is 16.5. The Hall–Kier alpha value is -2.00. The van der Waals surface area contributed by atoms with Crippen molar-refractivity contribution in [3.05, 3.63) is 60.2 Å². The fourth-order valence-electron chi connectivity index (χ4n) is 2.86. The van der Waals surface area contributed by atoms with Crippen LogP contribution < -0.4 is 11.1 Å². The summed E-state index contributed by atoms with van der Waals surface area (Å²) >= 11 is 0. The predicted octanol–water partition coefficient (Wildman–Crippen LogP) is 3.82. The Morgan fingerprint density at radius 2 is 1.76 bits per heavy atom. The Balaban J connectivity index is 1.48. The highest BCUT2D eigenvalue weighted by molar-refractivity contribution is 5.66. The maximum absolute atomic E-state index is 6.02. The topological polar surface area (TPSA) is 47.3 Å². The number of hydrogen-bond donors (Lipinski definition) is 2. The molecule has 1 saturated carbocycles. The van der Waals surface area contributed by atoms with E-state index in [0.29, 0.717) is 18.8 Å². The second-order valence-corrected chi connectivity index (χ2v) is 5.66. The maximum atomic E-state index is 6.02. The first-order valence-corrected chi connectivity index (χ1v) is 7.58. The van der Waals surface area contributed by atoms with Gasteiger partial charge in [-0.15, -0.1) is 0 Å². The number of rotatable bonds is 5. The average Bonchev–Trinajstić information content (AvgIpc) is 2.96. The second kappa shape index (κ2) is 6.64. The number of nitrogens with two attached hydrogens (primary N) is 1. The molecule has 0 amide bonds. The molecule has 2 aromatic rings. The molecule has 1 aliphatic carbocycles. The van der Waals surface area contributed by atoms with Gasteiger partial charge in [0, 0.05) is 6.04 Å². The summed E-state index contributed by atoms with van der Waals surface area (Å²) < 4.78 is 6.02. The van der Waals surface area contributed by atoms with Crippen LogP contribution in [0.15, 0.2) is 54.6 Å². The SMILES string of the molecule is Nc1ccccc1NC1CCC(OCc2ccccc2)C1. The largest absolute Gasteiger partial charge is 0.397 e. The molecular weight excluding hydrogens is 260 g/mol. The highest BCUT2D eigenvalue weighted by Crippen LogP contribution is 2.28. The van der Waals surface area contributed by atoms with Crippen LogP contribution in [0.2, 0.25) is 0 Å². The molecule has 2 unspecified atom stereocenters. The van der Waals surface area contributed by atoms with Crippen LogP contribution in [0, 0.1) is 0 Å². The second-order valence-electron chi connectivity index (χ2n) is 5.66. The van der Waals surface area contributed by atoms with Crippen LogP contribution in [0.1, 0.15) is 24.8 Å². The molecule has 0 saturated heterocycles. The number of hydrogen-bond acceptors (Lipinski definition) is 3. The first kappa shape index (κ1) is 14.0. The zero-order valence-corrected chi connectivity index (χ0v) is 12.2. The van der Waals surface area contributed by atoms with Gasteiger partial charge in [-0.2, -0.15) is 0 Å². The molecule has 21 heavy (non-hydrogen) atoms. The molecular formula is C18H22N2O. The smallest absolute Gasteiger partial charge is 0.0720 e. The summed E-state index contributed by atoms with van der Waals surface area (Å²) in [6, 6.07) is 18.7. The van der Waals surface area contributed by atoms with Gasteiger partial charge in [0.1, 0.15) is 0 Å². The standard InChI is InChI=1S/C18H22N2O/c19-17-8-4-5-9-18(17)20-15-10-11-16(12-15)21-13-14-6-2-1-3-7-14/h1-9,15-16,20H,10-13,19H2. The number of nitrogen functional groups attached to an aromatic ring is 1. The van der Waals surface area contributed by atoms with Crippen LogP contribution in [-0.2, 0) is 11.3 Å². The highest BCUT2D eigenvalue weighted by Gasteiger charge is 2.25. The monoisotopic (exact) mass is 282 g/mol. The Labute approximate surface area is 126 Å². The molecule has 0 aromatic heterocycles. The van der Waals surface area contributed by atoms with Crippen LogP contribution >= 0.6 is 0 Å². The predicted molar refractivity (Wildman–Crippen MR) is 87.1 cm³/mol. The molecule has 2 aromatic carbocycles. The summed E-state index contributed by atoms with van der Waals surface area (Å²) in [5.74, 6) is 0. The summed E-state index contributed by atoms with van der Waals surface area (Å²) in [6.07, 6.45) is 3.62. The summed E-state index contributed by atoms with van der Waals surface area (Å²) in [7, 11) is 0. The minimum Gasteiger partial charge on any atom is -0.397 e. The van der Waals surface area contributed by atoms with Gasteiger partial charge in [0.2, 0.25) is 0 Å². The summed E-state index contributed by atoms with van der Waals surface area (Å²) in [5.41, 5.74) is 9.06. The van der Waals surface area contributed by atoms with Gasteiger partial charge in [-0.3, -0.25) is 0 Å². The zero-order valence-electron chi connectivity index (χ0n) is 12.2. The summed E-state index contributed by atoms with van der Waals surface area (Å²) in [5, 5.41) is 3.53. The quantitative estimate of drug-likeness (QED) is 0.820. The van der Waals surface area contributed by atoms with Gasteiger partial charge in [-0.1, -0.05) is 42.5 Å². The summed E-state index contributed by atoms with van der Waals surface area (Å²) in [4.78, 5) is 0. The zero-order chi connectivity index (χ0) is 14.5. The summed E-state index contributed by atoms with van der Waals surface area (Å²) in [6.45, 7) is 0.700. The van der Waals surface area contributed by atoms with Gasteiger partial charge >= 0.3 is 0 Å². The Morgan fingerprint density at radius 3 is 2.57 bits per heavy atom. The van der Waals surface area contributed by atoms with E-state index in [9.17, 15) is 0 Å². The van der Waals surface area contributed by atoms with Crippen LogP contribution in [-0.4, -0.2) is 12.1 Å². The van der Waals surface area contributed by atoms with Crippen LogP contribution in [0.3, 0.4) is 0 Å². The lowest BCUT2D eigenvalue weighted by atomic mass is 10.2. The van der Waals surface area contributed by atoms with E-state index in [1.165, 1.54) is 5.56 Å². The van der Waals surface area contributed by atoms with E-state index in [0.717, 1.165) is 30.6 Å². The van der Waals surface area contributed by atoms with Gasteiger partial charge in [-0.05, 0) is 37.0 Å². The molecule has 1 fully saturated rings. The third kappa shape index (κ3) is 3.76. The van der Waals surface area contributed by atoms with Gasteiger partial charge < -0.3 is 15.8 Å². The van der Waals surface area contributed by atoms with E-state index in [-0.39, 0.29) is 0 Å². The van der Waals surface area contributed by atoms with E-state index < -0.39 is 0 Å². The minimum atomic E-state index is 0.340. The third-order valence-electron chi connectivity index (χ3n) is 4.03. The van der Waals surface area contributed by atoms with Crippen molar-refractivity contribution >= 4 is 11.4 Å². The molecule has 0 aliphatic heterocycles. The van der Waals surface area contributed by atoms with Crippen molar-refractivity contribution in [3.63, 3.8) is 0 Å². The molecule has 3 heteroatoms. The minimum absolute atomic E-state index is 0.340. The molecule has 0 heterocycles. The molecule has 3 N–H and O–H groups in total. The van der Waals surface area contributed by atoms with Crippen molar-refractivity contribution < 1.29 is 4.74 Å². The first-order valence-electron chi connectivity index (χ1n) is 7.58. The lowest BCUT2D eigenvalue weighted by molar-refractivity contribution is 0.0452. The van der Waals surface area contributed by atoms with E-state index in [1.54, 1.807) is 0 Å². The van der Waals surface area contributed by atoms with Crippen molar-refractivity contribution in [1.29, 1.82) is 0 Å². The first-order chi connectivity index (χ1) is 10.3. The molecule has 0 bridgehead atoms. The van der Waals surface area contributed by atoms with E-state index in [2.05, 4.69) is 29.6 Å². The van der Waals surface area contributed by atoms with E-state index >= 15 is 0 Å². The van der Waals surface area contributed by atoms with Crippen LogP contribution in [0.4, 0.5) is 11.4 Å². The number of benzene rings is 2. The fourth-order valence-corrected chi connectivity index (χ4v) is 2.86. The van der Waals surface area contributed by atoms with Crippen LogP contribution in [0.25, 0.3) is 0 Å². The third-order valence-corrected chi connectivity index (χ3v) is 4.03. The van der Waals surface area contributed by atoms with Crippen molar-refractivity contribution in [2.75, 3.05) is 11.1 Å². The number of anilines is 2. The molecule has 2 atom stereocenters. The van der Waals surface area contributed by atoms with Crippen molar-refractivity contribution in [2.24, 2.45) is 0 Å². The van der Waals surface area contributed by atoms with Gasteiger partial charge in [0.05, 0.1) is 24.1 Å². The molecule has 110 valence electrons. The maximum Gasteiger partial charge on any atom is 0.0720 e. The Morgan fingerprint density at radius 1 is 1.00 bits per heavy atom. The molecule has 0 spiro atoms. The number of para-hydroxylation sites is 2. The van der Waals surface area contributed by atoms with Crippen LogP contribution in [0.5, 0.6) is 0 Å². The number of nitrogens with one attached hydrogen (secondary N) is 1. The van der Waals surface area contributed by atoms with Gasteiger partial charge in [0.25, 0.3) is 0 Å². The molecule has 3 nitrogen and oxygen atoms in total. The normalized spacial score (nSPS) is 21.3. The average molecular weight is 282 g/mol. The fraction of sp³-hybridized carbons (Fsp3) is 0.333. The molecule has 0 radical (unpaired) electrons. The lowest BCUT2D eigenvalue weighted by Gasteiger charge is -2.16. The molecule has 3 rings (SSSR count). The van der Waals surface area contributed by atoms with Crippen molar-refractivity contribution in [2.45, 2.75) is 38.0 Å². The lowest BCUT2D eigenvalue weighted by Crippen LogP contribution is -2.18. The van der Waals surface area contributed by atoms with Gasteiger partial charge in [-0.25, -0.2) is 0 Å². The van der Waals surface area contributed by atoms with Crippen molar-refractivity contribution in [3.8, 4) is 0 Å². The number of ether oxygens (including phenoxy) is 1. The van der Waals surface area contributed by atoms with Gasteiger partial charge in [0.15, 0.2) is 0 Å². The Kier molecular flexibility index (Phi) is 4.41. The van der Waals surface area contributed by atoms with E-state index in [1.807, 2.05) is 30.3 Å². The molecule has 1 aliphatic rings.